The van der Waals surface area contributed by atoms with E-state index in [1.165, 1.54) is 4.90 Å². The number of halogens is 3. The Morgan fingerprint density at radius 1 is 1.28 bits per heavy atom. The number of alkyl halides is 3. The van der Waals surface area contributed by atoms with Gasteiger partial charge in [0.25, 0.3) is 0 Å². The first kappa shape index (κ1) is 22.2. The standard InChI is InChI=1S/C22H26F3N5O2/c1-13-2-3-16(28-21(31)30-5-4-14(10-30)9-22(23,24)25)8-18(13)15-6-19(26)29-20(7-15)27-17-11-32-12-17/h2-3,6-8,14,17H,4-5,9-12H2,1H3,(H,28,31)(H3,26,27,29)/t14-/m0/s1. The van der Waals surface area contributed by atoms with Crippen LogP contribution in [0.3, 0.4) is 0 Å². The predicted octanol–water partition coefficient (Wildman–Crippen LogP) is 4.26. The zero-order valence-electron chi connectivity index (χ0n) is 17.7. The van der Waals surface area contributed by atoms with E-state index in [0.717, 1.165) is 16.7 Å². The minimum Gasteiger partial charge on any atom is -0.384 e. The molecule has 0 radical (unpaired) electrons. The number of amides is 2. The van der Waals surface area contributed by atoms with Gasteiger partial charge in [0.1, 0.15) is 11.6 Å². The van der Waals surface area contributed by atoms with Crippen molar-refractivity contribution in [3.8, 4) is 11.1 Å². The second-order valence-corrected chi connectivity index (χ2v) is 8.42. The predicted molar refractivity (Wildman–Crippen MR) is 116 cm³/mol. The molecule has 0 spiro atoms. The summed E-state index contributed by atoms with van der Waals surface area (Å²) in [6.07, 6.45) is -4.72. The fourth-order valence-electron chi connectivity index (χ4n) is 4.03. The molecule has 4 rings (SSSR count). The van der Waals surface area contributed by atoms with Crippen LogP contribution in [0.2, 0.25) is 0 Å². The molecule has 10 heteroatoms. The molecule has 0 saturated carbocycles. The third-order valence-corrected chi connectivity index (χ3v) is 5.73. The highest BCUT2D eigenvalue weighted by Crippen LogP contribution is 2.32. The Morgan fingerprint density at radius 3 is 2.75 bits per heavy atom. The van der Waals surface area contributed by atoms with E-state index in [1.807, 2.05) is 25.1 Å². The molecule has 1 aromatic carbocycles. The van der Waals surface area contributed by atoms with Gasteiger partial charge in [-0.1, -0.05) is 6.07 Å². The number of aromatic nitrogens is 1. The van der Waals surface area contributed by atoms with Gasteiger partial charge in [-0.2, -0.15) is 13.2 Å². The summed E-state index contributed by atoms with van der Waals surface area (Å²) in [5.41, 5.74) is 9.27. The van der Waals surface area contributed by atoms with Gasteiger partial charge >= 0.3 is 12.2 Å². The zero-order chi connectivity index (χ0) is 22.9. The van der Waals surface area contributed by atoms with Crippen LogP contribution in [0.5, 0.6) is 0 Å². The lowest BCUT2D eigenvalue weighted by molar-refractivity contribution is -0.143. The van der Waals surface area contributed by atoms with Crippen LogP contribution in [0.25, 0.3) is 11.1 Å². The number of carbonyl (C=O) groups is 1. The van der Waals surface area contributed by atoms with Gasteiger partial charge in [-0.25, -0.2) is 9.78 Å². The molecule has 32 heavy (non-hydrogen) atoms. The molecule has 0 unspecified atom stereocenters. The Morgan fingerprint density at radius 2 is 2.06 bits per heavy atom. The van der Waals surface area contributed by atoms with Crippen molar-refractivity contribution in [2.75, 3.05) is 42.7 Å². The van der Waals surface area contributed by atoms with Crippen molar-refractivity contribution in [3.05, 3.63) is 35.9 Å². The zero-order valence-corrected chi connectivity index (χ0v) is 17.7. The summed E-state index contributed by atoms with van der Waals surface area (Å²) < 4.78 is 43.1. The van der Waals surface area contributed by atoms with Crippen LogP contribution >= 0.6 is 0 Å². The van der Waals surface area contributed by atoms with E-state index in [9.17, 15) is 18.0 Å². The Labute approximate surface area is 184 Å². The van der Waals surface area contributed by atoms with Crippen LogP contribution in [0.15, 0.2) is 30.3 Å². The summed E-state index contributed by atoms with van der Waals surface area (Å²) in [6.45, 7) is 3.60. The quantitative estimate of drug-likeness (QED) is 0.635. The molecule has 172 valence electrons. The molecule has 2 fully saturated rings. The maximum absolute atomic E-state index is 12.6. The largest absolute Gasteiger partial charge is 0.389 e. The molecule has 0 aliphatic carbocycles. The number of benzene rings is 1. The van der Waals surface area contributed by atoms with E-state index in [1.54, 1.807) is 12.1 Å². The van der Waals surface area contributed by atoms with Crippen molar-refractivity contribution in [3.63, 3.8) is 0 Å². The van der Waals surface area contributed by atoms with Crippen LogP contribution in [0.4, 0.5) is 35.3 Å². The van der Waals surface area contributed by atoms with E-state index >= 15 is 0 Å². The molecule has 7 nitrogen and oxygen atoms in total. The monoisotopic (exact) mass is 449 g/mol. The van der Waals surface area contributed by atoms with Crippen molar-refractivity contribution in [1.29, 1.82) is 0 Å². The Hall–Kier alpha value is -3.01. The van der Waals surface area contributed by atoms with E-state index in [-0.39, 0.29) is 12.6 Å². The van der Waals surface area contributed by atoms with Crippen LogP contribution in [-0.2, 0) is 4.74 Å². The molecule has 2 amide bonds. The number of hydrogen-bond acceptors (Lipinski definition) is 5. The molecule has 2 aliphatic heterocycles. The topological polar surface area (TPSA) is 92.5 Å². The molecule has 0 bridgehead atoms. The number of pyridine rings is 1. The summed E-state index contributed by atoms with van der Waals surface area (Å²) in [6, 6.07) is 8.95. The number of nitrogens with zero attached hydrogens (tertiary/aromatic N) is 2. The van der Waals surface area contributed by atoms with Gasteiger partial charge in [0, 0.05) is 25.2 Å². The Kier molecular flexibility index (Phi) is 6.14. The highest BCUT2D eigenvalue weighted by molar-refractivity contribution is 5.91. The van der Waals surface area contributed by atoms with Crippen molar-refractivity contribution >= 4 is 23.4 Å². The van der Waals surface area contributed by atoms with Gasteiger partial charge in [0.2, 0.25) is 0 Å². The van der Waals surface area contributed by atoms with Gasteiger partial charge in [0.05, 0.1) is 19.3 Å². The first-order valence-electron chi connectivity index (χ1n) is 10.5. The SMILES string of the molecule is Cc1ccc(NC(=O)N2CC[C@@H](CC(F)(F)F)C2)cc1-c1cc(N)nc(NC2COC2)c1. The summed E-state index contributed by atoms with van der Waals surface area (Å²) in [4.78, 5) is 18.4. The number of nitrogens with one attached hydrogen (secondary N) is 2. The maximum atomic E-state index is 12.6. The number of hydrogen-bond donors (Lipinski definition) is 3. The van der Waals surface area contributed by atoms with Crippen molar-refractivity contribution in [2.45, 2.75) is 32.0 Å². The van der Waals surface area contributed by atoms with Crippen LogP contribution in [-0.4, -0.2) is 54.4 Å². The lowest BCUT2D eigenvalue weighted by atomic mass is 10.00. The first-order chi connectivity index (χ1) is 15.2. The fourth-order valence-corrected chi connectivity index (χ4v) is 4.03. The number of anilines is 3. The number of likely N-dealkylation sites (tertiary alicyclic amines) is 1. The maximum Gasteiger partial charge on any atom is 0.389 e. The van der Waals surface area contributed by atoms with Gasteiger partial charge in [-0.3, -0.25) is 0 Å². The third-order valence-electron chi connectivity index (χ3n) is 5.73. The molecule has 1 atom stereocenters. The van der Waals surface area contributed by atoms with Gasteiger partial charge < -0.3 is 26.0 Å². The normalized spacial score (nSPS) is 19.0. The van der Waals surface area contributed by atoms with Crippen molar-refractivity contribution in [1.82, 2.24) is 9.88 Å². The molecule has 2 saturated heterocycles. The molecular weight excluding hydrogens is 423 g/mol. The highest BCUT2D eigenvalue weighted by atomic mass is 19.4. The van der Waals surface area contributed by atoms with E-state index < -0.39 is 24.5 Å². The summed E-state index contributed by atoms with van der Waals surface area (Å²) >= 11 is 0. The lowest BCUT2D eigenvalue weighted by Crippen LogP contribution is -2.40. The number of nitrogen functional groups attached to an aromatic ring is 1. The van der Waals surface area contributed by atoms with Gasteiger partial charge in [-0.05, 0) is 60.2 Å². The Bertz CT molecular complexity index is 994. The summed E-state index contributed by atoms with van der Waals surface area (Å²) in [5, 5.41) is 6.09. The van der Waals surface area contributed by atoms with E-state index in [4.69, 9.17) is 10.5 Å². The lowest BCUT2D eigenvalue weighted by Gasteiger charge is -2.27. The number of rotatable bonds is 5. The molecular formula is C22H26F3N5O2. The second kappa shape index (κ2) is 8.85. The van der Waals surface area contributed by atoms with Crippen LogP contribution in [0.1, 0.15) is 18.4 Å². The number of urea groups is 1. The third kappa shape index (κ3) is 5.42. The average Bonchev–Trinajstić information content (AvgIpc) is 3.12. The minimum atomic E-state index is -4.21. The molecule has 3 heterocycles. The van der Waals surface area contributed by atoms with Gasteiger partial charge in [-0.15, -0.1) is 0 Å². The minimum absolute atomic E-state index is 0.102. The number of ether oxygens (including phenoxy) is 1. The smallest absolute Gasteiger partial charge is 0.384 e. The van der Waals surface area contributed by atoms with Crippen molar-refractivity contribution in [2.24, 2.45) is 5.92 Å². The number of nitrogens with two attached hydrogens (primary N) is 1. The summed E-state index contributed by atoms with van der Waals surface area (Å²) in [7, 11) is 0. The molecule has 4 N–H and O–H groups in total. The molecule has 2 aliphatic rings. The average molecular weight is 449 g/mol. The summed E-state index contributed by atoms with van der Waals surface area (Å²) in [5.74, 6) is 0.461. The highest BCUT2D eigenvalue weighted by Gasteiger charge is 2.36. The van der Waals surface area contributed by atoms with E-state index in [0.29, 0.717) is 43.5 Å². The van der Waals surface area contributed by atoms with Gasteiger partial charge in [0.15, 0.2) is 0 Å². The molecule has 1 aromatic heterocycles. The van der Waals surface area contributed by atoms with Crippen LogP contribution in [0, 0.1) is 12.8 Å². The number of carbonyl (C=O) groups excluding carboxylic acids is 1. The number of aryl methyl sites for hydroxylation is 1. The second-order valence-electron chi connectivity index (χ2n) is 8.42. The van der Waals surface area contributed by atoms with Crippen molar-refractivity contribution < 1.29 is 22.7 Å². The molecule has 2 aromatic rings. The fraction of sp³-hybridized carbons (Fsp3) is 0.455. The van der Waals surface area contributed by atoms with E-state index in [2.05, 4.69) is 15.6 Å². The van der Waals surface area contributed by atoms with Crippen LogP contribution < -0.4 is 16.4 Å². The Balaban J connectivity index is 1.47. The first-order valence-corrected chi connectivity index (χ1v) is 10.5.